The third kappa shape index (κ3) is 4.79. The Labute approximate surface area is 346 Å². The van der Waals surface area contributed by atoms with E-state index in [1.54, 1.807) is 0 Å². The van der Waals surface area contributed by atoms with Gasteiger partial charge in [-0.3, -0.25) is 0 Å². The van der Waals surface area contributed by atoms with Gasteiger partial charge >= 0.3 is 0 Å². The molecule has 3 aliphatic carbocycles. The molecule has 1 N–H and O–H groups in total. The third-order valence-corrected chi connectivity index (χ3v) is 13.5. The second kappa shape index (κ2) is 12.6. The first-order valence-corrected chi connectivity index (χ1v) is 20.8. The molecule has 0 saturated carbocycles. The Morgan fingerprint density at radius 3 is 1.37 bits per heavy atom. The Hall–Kier alpha value is -7.22. The van der Waals surface area contributed by atoms with Crippen molar-refractivity contribution < 1.29 is 0 Å². The maximum atomic E-state index is 4.04. The van der Waals surface area contributed by atoms with Crippen molar-refractivity contribution in [3.05, 3.63) is 240 Å². The lowest BCUT2D eigenvalue weighted by Crippen LogP contribution is -2.26. The topological polar surface area (TPSA) is 12.0 Å². The molecule has 0 bridgehead atoms. The van der Waals surface area contributed by atoms with E-state index in [-0.39, 0.29) is 5.41 Å². The fraction of sp³-hybridized carbons (Fsp3) is 0.0690. The maximum absolute atomic E-state index is 4.04. The van der Waals surface area contributed by atoms with Crippen LogP contribution in [-0.2, 0) is 10.8 Å². The Kier molecular flexibility index (Phi) is 7.26. The van der Waals surface area contributed by atoms with Crippen LogP contribution in [0.15, 0.2) is 206 Å². The summed E-state index contributed by atoms with van der Waals surface area (Å²) in [5.74, 6) is 0. The average Bonchev–Trinajstić information content (AvgIpc) is 3.85. The van der Waals surface area contributed by atoms with Crippen LogP contribution in [-0.4, -0.2) is 0 Å². The molecule has 9 aromatic rings. The molecule has 0 atom stereocenters. The predicted molar refractivity (Wildman–Crippen MR) is 246 cm³/mol. The number of nitrogens with one attached hydrogen (secondary N) is 1. The molecule has 3 aliphatic rings. The van der Waals surface area contributed by atoms with Crippen molar-refractivity contribution in [2.75, 3.05) is 5.32 Å². The van der Waals surface area contributed by atoms with Crippen molar-refractivity contribution in [3.8, 4) is 66.8 Å². The number of para-hydroxylation sites is 1. The minimum atomic E-state index is -0.433. The zero-order chi connectivity index (χ0) is 39.3. The molecule has 0 aliphatic heterocycles. The van der Waals surface area contributed by atoms with E-state index >= 15 is 0 Å². The SMILES string of the molecule is CC1(C)c2ccccc2-c2ccc(-c3ccc(-c4cc5c(cc4Nc4ccccc4-c4ccccc4)C4(c6ccccc6-c6ccccc64)c4ccccc4-5)cc3)cc21. The minimum Gasteiger partial charge on any atom is -0.355 e. The van der Waals surface area contributed by atoms with Crippen LogP contribution in [0, 0.1) is 0 Å². The highest BCUT2D eigenvalue weighted by Crippen LogP contribution is 2.64. The van der Waals surface area contributed by atoms with Gasteiger partial charge in [0.25, 0.3) is 0 Å². The van der Waals surface area contributed by atoms with E-state index in [0.717, 1.165) is 11.4 Å². The first-order chi connectivity index (χ1) is 29.0. The first-order valence-electron chi connectivity index (χ1n) is 20.8. The van der Waals surface area contributed by atoms with Crippen molar-refractivity contribution in [2.45, 2.75) is 24.7 Å². The number of hydrogen-bond donors (Lipinski definition) is 1. The average molecular weight is 752 g/mol. The van der Waals surface area contributed by atoms with Crippen LogP contribution >= 0.6 is 0 Å². The maximum Gasteiger partial charge on any atom is 0.0726 e. The monoisotopic (exact) mass is 751 g/mol. The van der Waals surface area contributed by atoms with Gasteiger partial charge in [-0.05, 0) is 113 Å². The third-order valence-electron chi connectivity index (χ3n) is 13.5. The van der Waals surface area contributed by atoms with E-state index in [4.69, 9.17) is 0 Å². The Morgan fingerprint density at radius 1 is 0.271 bits per heavy atom. The van der Waals surface area contributed by atoms with Gasteiger partial charge in [-0.25, -0.2) is 0 Å². The molecular weight excluding hydrogens is 711 g/mol. The van der Waals surface area contributed by atoms with Gasteiger partial charge in [0.05, 0.1) is 5.41 Å². The summed E-state index contributed by atoms with van der Waals surface area (Å²) in [5, 5.41) is 4.04. The minimum absolute atomic E-state index is 0.0447. The van der Waals surface area contributed by atoms with Gasteiger partial charge in [0.1, 0.15) is 0 Å². The Morgan fingerprint density at radius 2 is 0.729 bits per heavy atom. The van der Waals surface area contributed by atoms with Crippen LogP contribution in [0.25, 0.3) is 66.8 Å². The van der Waals surface area contributed by atoms with Gasteiger partial charge in [-0.15, -0.1) is 0 Å². The lowest BCUT2D eigenvalue weighted by molar-refractivity contribution is 0.660. The summed E-state index contributed by atoms with van der Waals surface area (Å²) >= 11 is 0. The van der Waals surface area contributed by atoms with Crippen molar-refractivity contribution in [2.24, 2.45) is 0 Å². The van der Waals surface area contributed by atoms with Gasteiger partial charge in [0.2, 0.25) is 0 Å². The lowest BCUT2D eigenvalue weighted by Gasteiger charge is -2.31. The molecule has 0 heterocycles. The first kappa shape index (κ1) is 33.9. The van der Waals surface area contributed by atoms with E-state index < -0.39 is 5.41 Å². The summed E-state index contributed by atoms with van der Waals surface area (Å²) in [6.07, 6.45) is 0. The summed E-state index contributed by atoms with van der Waals surface area (Å²) in [5.41, 5.74) is 24.9. The van der Waals surface area contributed by atoms with Crippen LogP contribution in [0.3, 0.4) is 0 Å². The van der Waals surface area contributed by atoms with E-state index in [0.29, 0.717) is 0 Å². The quantitative estimate of drug-likeness (QED) is 0.185. The van der Waals surface area contributed by atoms with Crippen LogP contribution in [0.5, 0.6) is 0 Å². The summed E-state index contributed by atoms with van der Waals surface area (Å²) < 4.78 is 0. The van der Waals surface area contributed by atoms with E-state index in [2.05, 4.69) is 225 Å². The summed E-state index contributed by atoms with van der Waals surface area (Å²) in [4.78, 5) is 0. The molecule has 1 heteroatoms. The van der Waals surface area contributed by atoms with Crippen molar-refractivity contribution in [1.82, 2.24) is 0 Å². The molecule has 0 amide bonds. The molecule has 0 saturated heterocycles. The van der Waals surface area contributed by atoms with Crippen LogP contribution in [0.1, 0.15) is 47.2 Å². The van der Waals surface area contributed by atoms with Crippen LogP contribution < -0.4 is 5.32 Å². The number of anilines is 2. The molecular formula is C58H41N. The zero-order valence-corrected chi connectivity index (χ0v) is 33.1. The highest BCUT2D eigenvalue weighted by molar-refractivity contribution is 5.99. The molecule has 59 heavy (non-hydrogen) atoms. The van der Waals surface area contributed by atoms with Crippen molar-refractivity contribution in [3.63, 3.8) is 0 Å². The van der Waals surface area contributed by atoms with Gasteiger partial charge in [-0.1, -0.05) is 196 Å². The van der Waals surface area contributed by atoms with Gasteiger partial charge in [-0.2, -0.15) is 0 Å². The van der Waals surface area contributed by atoms with Gasteiger partial charge in [0.15, 0.2) is 0 Å². The lowest BCUT2D eigenvalue weighted by atomic mass is 9.70. The summed E-state index contributed by atoms with van der Waals surface area (Å²) in [7, 11) is 0. The largest absolute Gasteiger partial charge is 0.355 e. The van der Waals surface area contributed by atoms with E-state index in [9.17, 15) is 0 Å². The molecule has 1 spiro atoms. The number of benzene rings is 9. The van der Waals surface area contributed by atoms with E-state index in [1.165, 1.54) is 100 Å². The second-order valence-corrected chi connectivity index (χ2v) is 16.9. The summed E-state index contributed by atoms with van der Waals surface area (Å²) in [6.45, 7) is 4.71. The molecule has 0 fully saturated rings. The van der Waals surface area contributed by atoms with Crippen molar-refractivity contribution in [1.29, 1.82) is 0 Å². The van der Waals surface area contributed by atoms with Gasteiger partial charge < -0.3 is 5.32 Å². The normalized spacial score (nSPS) is 14.2. The van der Waals surface area contributed by atoms with Crippen LogP contribution in [0.4, 0.5) is 11.4 Å². The van der Waals surface area contributed by atoms with Crippen molar-refractivity contribution >= 4 is 11.4 Å². The fourth-order valence-electron chi connectivity index (χ4n) is 10.8. The molecule has 9 aromatic carbocycles. The fourth-order valence-corrected chi connectivity index (χ4v) is 10.8. The highest BCUT2D eigenvalue weighted by Gasteiger charge is 2.51. The number of rotatable bonds is 5. The number of hydrogen-bond acceptors (Lipinski definition) is 1. The Bertz CT molecular complexity index is 3100. The number of fused-ring (bicyclic) bond motifs is 13. The van der Waals surface area contributed by atoms with E-state index in [1.807, 2.05) is 0 Å². The second-order valence-electron chi connectivity index (χ2n) is 16.9. The predicted octanol–water partition coefficient (Wildman–Crippen LogP) is 15.1. The molecule has 0 unspecified atom stereocenters. The zero-order valence-electron chi connectivity index (χ0n) is 33.1. The van der Waals surface area contributed by atoms with Crippen LogP contribution in [0.2, 0.25) is 0 Å². The summed E-state index contributed by atoms with van der Waals surface area (Å²) in [6, 6.07) is 76.7. The smallest absolute Gasteiger partial charge is 0.0726 e. The molecule has 0 radical (unpaired) electrons. The molecule has 12 rings (SSSR count). The Balaban J connectivity index is 1.05. The molecule has 0 aromatic heterocycles. The molecule has 278 valence electrons. The van der Waals surface area contributed by atoms with Gasteiger partial charge in [0, 0.05) is 27.9 Å². The standard InChI is InChI=1S/C58H41N/c1-57(2)49-23-11-6-19-42(49)46-33-32-40(34-53(46)57)37-28-30-39(31-29-37)47-35-48-45-22-9-14-26-52(45)58(50-24-12-7-20-43(50)44-21-8-13-25-51(44)58)54(48)36-56(47)59-55-27-15-10-18-41(55)38-16-4-3-5-17-38/h3-36,59H,1-2H3. The molecule has 1 nitrogen and oxygen atoms in total. The highest BCUT2D eigenvalue weighted by atomic mass is 14.9.